The molecule has 20 heavy (non-hydrogen) atoms. The van der Waals surface area contributed by atoms with Crippen LogP contribution in [0.1, 0.15) is 24.2 Å². The molecule has 0 saturated carbocycles. The number of ether oxygens (including phenoxy) is 1. The van der Waals surface area contributed by atoms with Crippen LogP contribution in [0.25, 0.3) is 0 Å². The molecule has 0 saturated heterocycles. The summed E-state index contributed by atoms with van der Waals surface area (Å²) in [5.41, 5.74) is 1.24. The Balaban J connectivity index is 2.13. The number of aliphatic hydroxyl groups is 1. The molecule has 0 aromatic heterocycles. The quantitative estimate of drug-likeness (QED) is 0.881. The fourth-order valence-corrected chi connectivity index (χ4v) is 2.12. The number of benzene rings is 2. The standard InChI is InChI=1S/C15H13Cl2FO2/c1-9(19)10-2-5-15(14(17)7-10)20-8-11-6-12(18)3-4-13(11)16/h2-7,9,19H,8H2,1H3. The molecule has 0 radical (unpaired) electrons. The van der Waals surface area contributed by atoms with Crippen molar-refractivity contribution in [3.8, 4) is 5.75 Å². The van der Waals surface area contributed by atoms with Gasteiger partial charge in [0.2, 0.25) is 0 Å². The van der Waals surface area contributed by atoms with Gasteiger partial charge in [0.25, 0.3) is 0 Å². The minimum Gasteiger partial charge on any atom is -0.487 e. The van der Waals surface area contributed by atoms with Gasteiger partial charge in [-0.2, -0.15) is 0 Å². The summed E-state index contributed by atoms with van der Waals surface area (Å²) in [6, 6.07) is 9.11. The van der Waals surface area contributed by atoms with E-state index >= 15 is 0 Å². The van der Waals surface area contributed by atoms with Gasteiger partial charge < -0.3 is 9.84 Å². The lowest BCUT2D eigenvalue weighted by atomic mass is 10.1. The molecule has 1 unspecified atom stereocenters. The van der Waals surface area contributed by atoms with Crippen LogP contribution in [-0.2, 0) is 6.61 Å². The third-order valence-corrected chi connectivity index (χ3v) is 3.49. The van der Waals surface area contributed by atoms with E-state index < -0.39 is 6.10 Å². The van der Waals surface area contributed by atoms with Gasteiger partial charge in [-0.25, -0.2) is 4.39 Å². The van der Waals surface area contributed by atoms with Crippen LogP contribution in [0.3, 0.4) is 0 Å². The number of aliphatic hydroxyl groups excluding tert-OH is 1. The lowest BCUT2D eigenvalue weighted by Gasteiger charge is -2.11. The molecular weight excluding hydrogens is 302 g/mol. The average Bonchev–Trinajstić information content (AvgIpc) is 2.40. The first-order valence-corrected chi connectivity index (χ1v) is 6.77. The summed E-state index contributed by atoms with van der Waals surface area (Å²) in [6.45, 7) is 1.77. The van der Waals surface area contributed by atoms with Crippen molar-refractivity contribution in [2.24, 2.45) is 0 Å². The van der Waals surface area contributed by atoms with Crippen molar-refractivity contribution >= 4 is 23.2 Å². The van der Waals surface area contributed by atoms with Gasteiger partial charge in [0.1, 0.15) is 18.2 Å². The molecule has 2 rings (SSSR count). The Kier molecular flexibility index (Phi) is 4.86. The first-order chi connectivity index (χ1) is 9.47. The number of hydrogen-bond donors (Lipinski definition) is 1. The molecule has 1 atom stereocenters. The highest BCUT2D eigenvalue weighted by Crippen LogP contribution is 2.29. The fourth-order valence-electron chi connectivity index (χ4n) is 1.70. The lowest BCUT2D eigenvalue weighted by Crippen LogP contribution is -1.99. The molecule has 1 N–H and O–H groups in total. The van der Waals surface area contributed by atoms with Crippen LogP contribution in [0.2, 0.25) is 10.0 Å². The van der Waals surface area contributed by atoms with Gasteiger partial charge in [0.05, 0.1) is 11.1 Å². The number of halogens is 3. The van der Waals surface area contributed by atoms with E-state index in [0.29, 0.717) is 26.9 Å². The second kappa shape index (κ2) is 6.44. The van der Waals surface area contributed by atoms with Gasteiger partial charge >= 0.3 is 0 Å². The molecule has 0 spiro atoms. The summed E-state index contributed by atoms with van der Waals surface area (Å²) in [5.74, 6) is 0.0833. The highest BCUT2D eigenvalue weighted by Gasteiger charge is 2.08. The second-order valence-corrected chi connectivity index (χ2v) is 5.20. The van der Waals surface area contributed by atoms with Crippen LogP contribution in [0.15, 0.2) is 36.4 Å². The topological polar surface area (TPSA) is 29.5 Å². The highest BCUT2D eigenvalue weighted by atomic mass is 35.5. The fraction of sp³-hybridized carbons (Fsp3) is 0.200. The highest BCUT2D eigenvalue weighted by molar-refractivity contribution is 6.32. The largest absolute Gasteiger partial charge is 0.487 e. The molecule has 2 nitrogen and oxygen atoms in total. The van der Waals surface area contributed by atoms with Crippen molar-refractivity contribution in [3.05, 3.63) is 63.4 Å². The zero-order valence-electron chi connectivity index (χ0n) is 10.7. The molecule has 0 aliphatic heterocycles. The van der Waals surface area contributed by atoms with Gasteiger partial charge in [0.15, 0.2) is 0 Å². The molecule has 0 fully saturated rings. The van der Waals surface area contributed by atoms with E-state index in [1.54, 1.807) is 25.1 Å². The molecule has 0 heterocycles. The van der Waals surface area contributed by atoms with Crippen molar-refractivity contribution in [1.82, 2.24) is 0 Å². The molecule has 0 aliphatic rings. The number of hydrogen-bond acceptors (Lipinski definition) is 2. The van der Waals surface area contributed by atoms with Crippen LogP contribution in [0.4, 0.5) is 4.39 Å². The SMILES string of the molecule is CC(O)c1ccc(OCc2cc(F)ccc2Cl)c(Cl)c1. The summed E-state index contributed by atoms with van der Waals surface area (Å²) < 4.78 is 18.7. The molecule has 5 heteroatoms. The Hall–Kier alpha value is -1.29. The minimum atomic E-state index is -0.598. The van der Waals surface area contributed by atoms with Crippen LogP contribution < -0.4 is 4.74 Å². The van der Waals surface area contributed by atoms with Crippen molar-refractivity contribution in [2.45, 2.75) is 19.6 Å². The molecule has 0 amide bonds. The maximum atomic E-state index is 13.1. The van der Waals surface area contributed by atoms with Crippen LogP contribution in [0.5, 0.6) is 5.75 Å². The van der Waals surface area contributed by atoms with E-state index in [0.717, 1.165) is 0 Å². The van der Waals surface area contributed by atoms with Gasteiger partial charge in [0, 0.05) is 10.6 Å². The molecule has 106 valence electrons. The molecule has 0 bridgehead atoms. The Morgan fingerprint density at radius 1 is 1.15 bits per heavy atom. The first kappa shape index (κ1) is 15.1. The predicted octanol–water partition coefficient (Wildman–Crippen LogP) is 4.76. The van der Waals surface area contributed by atoms with Crippen molar-refractivity contribution in [1.29, 1.82) is 0 Å². The van der Waals surface area contributed by atoms with E-state index in [-0.39, 0.29) is 12.4 Å². The summed E-state index contributed by atoms with van der Waals surface area (Å²) in [6.07, 6.45) is -0.598. The van der Waals surface area contributed by atoms with Gasteiger partial charge in [-0.3, -0.25) is 0 Å². The van der Waals surface area contributed by atoms with Crippen molar-refractivity contribution in [2.75, 3.05) is 0 Å². The smallest absolute Gasteiger partial charge is 0.138 e. The number of rotatable bonds is 4. The van der Waals surface area contributed by atoms with E-state index in [2.05, 4.69) is 0 Å². The van der Waals surface area contributed by atoms with Crippen molar-refractivity contribution in [3.63, 3.8) is 0 Å². The maximum absolute atomic E-state index is 13.1. The van der Waals surface area contributed by atoms with E-state index in [1.807, 2.05) is 0 Å². The van der Waals surface area contributed by atoms with Gasteiger partial charge in [-0.05, 0) is 42.8 Å². The zero-order valence-corrected chi connectivity index (χ0v) is 12.2. The summed E-state index contributed by atoms with van der Waals surface area (Å²) in [7, 11) is 0. The summed E-state index contributed by atoms with van der Waals surface area (Å²) in [5, 5.41) is 10.3. The van der Waals surface area contributed by atoms with Gasteiger partial charge in [-0.1, -0.05) is 29.3 Å². The zero-order chi connectivity index (χ0) is 14.7. The summed E-state index contributed by atoms with van der Waals surface area (Å²) in [4.78, 5) is 0. The Morgan fingerprint density at radius 2 is 1.90 bits per heavy atom. The Labute approximate surface area is 126 Å². The van der Waals surface area contributed by atoms with Crippen LogP contribution in [0, 0.1) is 5.82 Å². The Bertz CT molecular complexity index is 615. The van der Waals surface area contributed by atoms with Crippen molar-refractivity contribution < 1.29 is 14.2 Å². The third kappa shape index (κ3) is 3.63. The maximum Gasteiger partial charge on any atom is 0.138 e. The van der Waals surface area contributed by atoms with Crippen LogP contribution >= 0.6 is 23.2 Å². The normalized spacial score (nSPS) is 12.2. The second-order valence-electron chi connectivity index (χ2n) is 4.39. The first-order valence-electron chi connectivity index (χ1n) is 6.01. The van der Waals surface area contributed by atoms with E-state index in [9.17, 15) is 9.50 Å². The van der Waals surface area contributed by atoms with Crippen LogP contribution in [-0.4, -0.2) is 5.11 Å². The molecule has 2 aromatic carbocycles. The molecule has 0 aliphatic carbocycles. The van der Waals surface area contributed by atoms with E-state index in [1.165, 1.54) is 18.2 Å². The third-order valence-electron chi connectivity index (χ3n) is 2.83. The lowest BCUT2D eigenvalue weighted by molar-refractivity contribution is 0.199. The van der Waals surface area contributed by atoms with E-state index in [4.69, 9.17) is 27.9 Å². The minimum absolute atomic E-state index is 0.115. The molecular formula is C15H13Cl2FO2. The molecule has 2 aromatic rings. The Morgan fingerprint density at radius 3 is 2.55 bits per heavy atom. The predicted molar refractivity (Wildman–Crippen MR) is 77.8 cm³/mol. The monoisotopic (exact) mass is 314 g/mol. The average molecular weight is 315 g/mol. The van der Waals surface area contributed by atoms with Gasteiger partial charge in [-0.15, -0.1) is 0 Å². The summed E-state index contributed by atoms with van der Waals surface area (Å²) >= 11 is 12.0.